The third kappa shape index (κ3) is 6.37. The van der Waals surface area contributed by atoms with E-state index in [1.807, 2.05) is 6.92 Å². The second kappa shape index (κ2) is 8.72. The predicted octanol–water partition coefficient (Wildman–Crippen LogP) is 5.62. The van der Waals surface area contributed by atoms with Crippen molar-refractivity contribution in [2.75, 3.05) is 6.61 Å². The highest BCUT2D eigenvalue weighted by atomic mass is 79.9. The molecule has 25 heavy (non-hydrogen) atoms. The minimum absolute atomic E-state index is 0.0683. The minimum Gasteiger partial charge on any atom is -0.490 e. The summed E-state index contributed by atoms with van der Waals surface area (Å²) in [6.07, 6.45) is 0. The summed E-state index contributed by atoms with van der Waals surface area (Å²) in [5, 5.41) is 3.50. The molecule has 0 unspecified atom stereocenters. The summed E-state index contributed by atoms with van der Waals surface area (Å²) in [7, 11) is 0. The van der Waals surface area contributed by atoms with Gasteiger partial charge in [-0.15, -0.1) is 0 Å². The molecule has 0 fully saturated rings. The highest BCUT2D eigenvalue weighted by Crippen LogP contribution is 2.37. The fraction of sp³-hybridized carbons (Fsp3) is 0.429. The van der Waals surface area contributed by atoms with Gasteiger partial charge in [0.15, 0.2) is 11.5 Å². The first-order valence-corrected chi connectivity index (χ1v) is 9.46. The molecule has 0 heterocycles. The van der Waals surface area contributed by atoms with Gasteiger partial charge in [-0.05, 0) is 73.8 Å². The molecule has 0 bridgehead atoms. The van der Waals surface area contributed by atoms with Gasteiger partial charge in [0.25, 0.3) is 0 Å². The van der Waals surface area contributed by atoms with Crippen molar-refractivity contribution in [2.24, 2.45) is 0 Å². The molecule has 0 amide bonds. The molecule has 0 spiro atoms. The van der Waals surface area contributed by atoms with E-state index in [1.54, 1.807) is 0 Å². The van der Waals surface area contributed by atoms with Crippen LogP contribution in [0.3, 0.4) is 0 Å². The Kier molecular flexibility index (Phi) is 6.91. The number of benzene rings is 2. The summed E-state index contributed by atoms with van der Waals surface area (Å²) in [6.45, 7) is 12.4. The second-order valence-electron chi connectivity index (χ2n) is 7.22. The molecule has 2 aromatic carbocycles. The first-order chi connectivity index (χ1) is 11.8. The fourth-order valence-corrected chi connectivity index (χ4v) is 2.94. The van der Waals surface area contributed by atoms with E-state index in [0.717, 1.165) is 33.6 Å². The molecule has 2 rings (SSSR count). The quantitative estimate of drug-likeness (QED) is 0.647. The largest absolute Gasteiger partial charge is 0.490 e. The molecule has 2 aromatic rings. The maximum Gasteiger partial charge on any atom is 0.175 e. The van der Waals surface area contributed by atoms with E-state index in [9.17, 15) is 0 Å². The minimum atomic E-state index is 0.0683. The summed E-state index contributed by atoms with van der Waals surface area (Å²) in [6, 6.07) is 12.5. The summed E-state index contributed by atoms with van der Waals surface area (Å²) in [4.78, 5) is 0. The van der Waals surface area contributed by atoms with Gasteiger partial charge in [0, 0.05) is 12.1 Å². The molecule has 0 aliphatic heterocycles. The smallest absolute Gasteiger partial charge is 0.175 e. The number of halogens is 1. The molecule has 1 N–H and O–H groups in total. The molecule has 0 radical (unpaired) electrons. The molecule has 0 atom stereocenters. The average molecular weight is 406 g/mol. The number of ether oxygens (including phenoxy) is 2. The Bertz CT molecular complexity index is 690. The summed E-state index contributed by atoms with van der Waals surface area (Å²) < 4.78 is 12.8. The molecule has 136 valence electrons. The molecular weight excluding hydrogens is 378 g/mol. The topological polar surface area (TPSA) is 30.5 Å². The number of aryl methyl sites for hydroxylation is 1. The van der Waals surface area contributed by atoms with Crippen molar-refractivity contribution in [3.05, 3.63) is 57.6 Å². The van der Waals surface area contributed by atoms with Crippen molar-refractivity contribution in [3.63, 3.8) is 0 Å². The summed E-state index contributed by atoms with van der Waals surface area (Å²) >= 11 is 3.64. The Hall–Kier alpha value is -1.52. The van der Waals surface area contributed by atoms with E-state index in [4.69, 9.17) is 9.47 Å². The van der Waals surface area contributed by atoms with E-state index in [0.29, 0.717) is 13.2 Å². The van der Waals surface area contributed by atoms with Crippen LogP contribution in [0.15, 0.2) is 40.9 Å². The van der Waals surface area contributed by atoms with Crippen LogP contribution < -0.4 is 14.8 Å². The second-order valence-corrected chi connectivity index (χ2v) is 8.07. The first kappa shape index (κ1) is 19.8. The average Bonchev–Trinajstić information content (AvgIpc) is 2.53. The normalized spacial score (nSPS) is 11.4. The zero-order valence-corrected chi connectivity index (χ0v) is 17.4. The number of nitrogens with one attached hydrogen (secondary N) is 1. The van der Waals surface area contributed by atoms with Gasteiger partial charge in [-0.2, -0.15) is 0 Å². The maximum absolute atomic E-state index is 6.05. The van der Waals surface area contributed by atoms with Crippen molar-refractivity contribution in [1.82, 2.24) is 5.32 Å². The molecule has 0 saturated carbocycles. The van der Waals surface area contributed by atoms with E-state index < -0.39 is 0 Å². The van der Waals surface area contributed by atoms with Crippen LogP contribution >= 0.6 is 15.9 Å². The molecule has 3 nitrogen and oxygen atoms in total. The lowest BCUT2D eigenvalue weighted by Gasteiger charge is -2.21. The zero-order chi connectivity index (χ0) is 18.4. The van der Waals surface area contributed by atoms with Crippen molar-refractivity contribution in [3.8, 4) is 11.5 Å². The van der Waals surface area contributed by atoms with Crippen LogP contribution in [0.4, 0.5) is 0 Å². The predicted molar refractivity (Wildman–Crippen MR) is 107 cm³/mol. The van der Waals surface area contributed by atoms with Crippen LogP contribution in [0.25, 0.3) is 0 Å². The van der Waals surface area contributed by atoms with Crippen LogP contribution in [-0.4, -0.2) is 12.1 Å². The van der Waals surface area contributed by atoms with Crippen LogP contribution in [0.1, 0.15) is 44.4 Å². The highest BCUT2D eigenvalue weighted by molar-refractivity contribution is 9.10. The molecule has 4 heteroatoms. The SMILES string of the molecule is CCOc1cc(CNC(C)(C)C)cc(Br)c1OCc1ccc(C)cc1. The van der Waals surface area contributed by atoms with E-state index in [-0.39, 0.29) is 5.54 Å². The lowest BCUT2D eigenvalue weighted by molar-refractivity contribution is 0.267. The molecule has 0 aliphatic rings. The maximum atomic E-state index is 6.05. The van der Waals surface area contributed by atoms with Gasteiger partial charge in [-0.3, -0.25) is 0 Å². The lowest BCUT2D eigenvalue weighted by atomic mass is 10.1. The monoisotopic (exact) mass is 405 g/mol. The Labute approximate surface area is 159 Å². The van der Waals surface area contributed by atoms with E-state index in [2.05, 4.69) is 85.3 Å². The van der Waals surface area contributed by atoms with Crippen molar-refractivity contribution in [1.29, 1.82) is 0 Å². The Morgan fingerprint density at radius 1 is 1.00 bits per heavy atom. The zero-order valence-electron chi connectivity index (χ0n) is 15.8. The van der Waals surface area contributed by atoms with Crippen LogP contribution in [0.5, 0.6) is 11.5 Å². The molecule has 0 aliphatic carbocycles. The van der Waals surface area contributed by atoms with Crippen molar-refractivity contribution >= 4 is 15.9 Å². The third-order valence-corrected chi connectivity index (χ3v) is 4.28. The van der Waals surface area contributed by atoms with Gasteiger partial charge in [0.1, 0.15) is 6.61 Å². The van der Waals surface area contributed by atoms with Crippen LogP contribution in [0, 0.1) is 6.92 Å². The first-order valence-electron chi connectivity index (χ1n) is 8.67. The molecule has 0 aromatic heterocycles. The van der Waals surface area contributed by atoms with Crippen molar-refractivity contribution in [2.45, 2.75) is 53.3 Å². The van der Waals surface area contributed by atoms with Gasteiger partial charge in [0.2, 0.25) is 0 Å². The van der Waals surface area contributed by atoms with Gasteiger partial charge in [0.05, 0.1) is 11.1 Å². The molecule has 0 saturated heterocycles. The summed E-state index contributed by atoms with van der Waals surface area (Å²) in [5.41, 5.74) is 3.61. The van der Waals surface area contributed by atoms with E-state index >= 15 is 0 Å². The number of hydrogen-bond donors (Lipinski definition) is 1. The number of rotatable bonds is 7. The van der Waals surface area contributed by atoms with Gasteiger partial charge in [-0.25, -0.2) is 0 Å². The van der Waals surface area contributed by atoms with Crippen LogP contribution in [-0.2, 0) is 13.2 Å². The standard InChI is InChI=1S/C21H28BrNO2/c1-6-24-19-12-17(13-23-21(3,4)5)11-18(22)20(19)25-14-16-9-7-15(2)8-10-16/h7-12,23H,6,13-14H2,1-5H3. The van der Waals surface area contributed by atoms with Crippen molar-refractivity contribution < 1.29 is 9.47 Å². The summed E-state index contributed by atoms with van der Waals surface area (Å²) in [5.74, 6) is 1.52. The Balaban J connectivity index is 2.16. The highest BCUT2D eigenvalue weighted by Gasteiger charge is 2.14. The Morgan fingerprint density at radius 2 is 1.68 bits per heavy atom. The van der Waals surface area contributed by atoms with Gasteiger partial charge in [-0.1, -0.05) is 29.8 Å². The van der Waals surface area contributed by atoms with Gasteiger partial charge < -0.3 is 14.8 Å². The van der Waals surface area contributed by atoms with Crippen LogP contribution in [0.2, 0.25) is 0 Å². The number of hydrogen-bond acceptors (Lipinski definition) is 3. The Morgan fingerprint density at radius 3 is 2.28 bits per heavy atom. The van der Waals surface area contributed by atoms with Gasteiger partial charge >= 0.3 is 0 Å². The lowest BCUT2D eigenvalue weighted by Crippen LogP contribution is -2.35. The third-order valence-electron chi connectivity index (χ3n) is 3.70. The fourth-order valence-electron chi connectivity index (χ4n) is 2.33. The molecular formula is C21H28BrNO2. The van der Waals surface area contributed by atoms with E-state index in [1.165, 1.54) is 5.56 Å².